The zero-order chi connectivity index (χ0) is 16.1. The highest BCUT2D eigenvalue weighted by atomic mass is 32.2. The van der Waals surface area contributed by atoms with E-state index in [1.807, 2.05) is 54.6 Å². The molecule has 2 aromatic carbocycles. The van der Waals surface area contributed by atoms with Crippen molar-refractivity contribution in [2.75, 3.05) is 0 Å². The molecule has 0 fully saturated rings. The molecule has 1 aliphatic heterocycles. The molecule has 1 aliphatic carbocycles. The third kappa shape index (κ3) is 1.93. The molecule has 0 bridgehead atoms. The van der Waals surface area contributed by atoms with Crippen LogP contribution in [0.5, 0.6) is 0 Å². The molecule has 24 heavy (non-hydrogen) atoms. The SMILES string of the molecule is O=C1c2ccccc2C2=Nc3ccccc3S[C@H](c3ccco3)C12. The second-order valence-corrected chi connectivity index (χ2v) is 7.09. The summed E-state index contributed by atoms with van der Waals surface area (Å²) in [5.41, 5.74) is 3.48. The standard InChI is InChI=1S/C20H13NO2S/c22-19-13-7-2-1-6-12(13)18-17(19)20(15-9-5-11-23-15)24-16-10-4-3-8-14(16)21-18/h1-11,17,20H/t17?,20-/m1/s1. The first-order chi connectivity index (χ1) is 11.8. The highest BCUT2D eigenvalue weighted by Crippen LogP contribution is 2.51. The predicted molar refractivity (Wildman–Crippen MR) is 94.2 cm³/mol. The van der Waals surface area contributed by atoms with Crippen LogP contribution < -0.4 is 0 Å². The molecule has 1 aromatic heterocycles. The lowest BCUT2D eigenvalue weighted by Gasteiger charge is -2.18. The molecule has 0 amide bonds. The molecule has 3 nitrogen and oxygen atoms in total. The van der Waals surface area contributed by atoms with Crippen molar-refractivity contribution in [1.82, 2.24) is 0 Å². The summed E-state index contributed by atoms with van der Waals surface area (Å²) in [4.78, 5) is 19.1. The smallest absolute Gasteiger partial charge is 0.174 e. The van der Waals surface area contributed by atoms with Gasteiger partial charge in [-0.2, -0.15) is 0 Å². The number of benzene rings is 2. The minimum Gasteiger partial charge on any atom is -0.468 e. The maximum atomic E-state index is 13.1. The first-order valence-electron chi connectivity index (χ1n) is 7.84. The maximum Gasteiger partial charge on any atom is 0.174 e. The monoisotopic (exact) mass is 331 g/mol. The molecular formula is C20H13NO2S. The van der Waals surface area contributed by atoms with Gasteiger partial charge in [-0.3, -0.25) is 9.79 Å². The van der Waals surface area contributed by atoms with Gasteiger partial charge in [0.15, 0.2) is 5.78 Å². The third-order valence-corrected chi connectivity index (χ3v) is 5.89. The van der Waals surface area contributed by atoms with Crippen molar-refractivity contribution in [1.29, 1.82) is 0 Å². The zero-order valence-corrected chi connectivity index (χ0v) is 13.5. The molecule has 0 saturated heterocycles. The minimum absolute atomic E-state index is 0.109. The highest BCUT2D eigenvalue weighted by molar-refractivity contribution is 7.99. The van der Waals surface area contributed by atoms with Crippen molar-refractivity contribution >= 4 is 28.9 Å². The average Bonchev–Trinajstić information content (AvgIpc) is 3.19. The number of nitrogens with zero attached hydrogens (tertiary/aromatic N) is 1. The molecule has 0 N–H and O–H groups in total. The van der Waals surface area contributed by atoms with Gasteiger partial charge in [0.1, 0.15) is 5.76 Å². The molecule has 2 heterocycles. The van der Waals surface area contributed by atoms with Gasteiger partial charge >= 0.3 is 0 Å². The Morgan fingerprint density at radius 2 is 1.71 bits per heavy atom. The van der Waals surface area contributed by atoms with Crippen LogP contribution in [0.2, 0.25) is 0 Å². The van der Waals surface area contributed by atoms with Gasteiger partial charge in [0.05, 0.1) is 28.8 Å². The number of hydrogen-bond donors (Lipinski definition) is 0. The van der Waals surface area contributed by atoms with Crippen molar-refractivity contribution in [2.45, 2.75) is 10.1 Å². The van der Waals surface area contributed by atoms with E-state index in [1.54, 1.807) is 18.0 Å². The lowest BCUT2D eigenvalue weighted by molar-refractivity contribution is 0.0957. The van der Waals surface area contributed by atoms with E-state index in [1.165, 1.54) is 0 Å². The van der Waals surface area contributed by atoms with E-state index in [2.05, 4.69) is 6.07 Å². The van der Waals surface area contributed by atoms with E-state index in [-0.39, 0.29) is 17.0 Å². The summed E-state index contributed by atoms with van der Waals surface area (Å²) in [7, 11) is 0. The fourth-order valence-corrected chi connectivity index (χ4v) is 4.75. The van der Waals surface area contributed by atoms with E-state index in [9.17, 15) is 4.79 Å². The molecule has 2 aliphatic rings. The summed E-state index contributed by atoms with van der Waals surface area (Å²) < 4.78 is 5.67. The highest BCUT2D eigenvalue weighted by Gasteiger charge is 2.45. The van der Waals surface area contributed by atoms with Gasteiger partial charge in [-0.25, -0.2) is 0 Å². The Hall–Kier alpha value is -2.59. The van der Waals surface area contributed by atoms with Crippen LogP contribution in [0.4, 0.5) is 5.69 Å². The van der Waals surface area contributed by atoms with E-state index in [0.29, 0.717) is 0 Å². The predicted octanol–water partition coefficient (Wildman–Crippen LogP) is 5.06. The Labute approximate surface area is 143 Å². The second-order valence-electron chi connectivity index (χ2n) is 5.91. The molecule has 116 valence electrons. The van der Waals surface area contributed by atoms with Crippen LogP contribution >= 0.6 is 11.8 Å². The van der Waals surface area contributed by atoms with E-state index < -0.39 is 0 Å². The minimum atomic E-state index is -0.314. The molecule has 5 rings (SSSR count). The van der Waals surface area contributed by atoms with Gasteiger partial charge in [-0.15, -0.1) is 11.8 Å². The number of para-hydroxylation sites is 1. The van der Waals surface area contributed by atoms with Crippen molar-refractivity contribution in [3.63, 3.8) is 0 Å². The Bertz CT molecular complexity index is 975. The fourth-order valence-electron chi connectivity index (χ4n) is 3.45. The number of carbonyl (C=O) groups excluding carboxylic acids is 1. The number of thioether (sulfide) groups is 1. The Morgan fingerprint density at radius 3 is 2.54 bits per heavy atom. The molecule has 0 radical (unpaired) electrons. The second kappa shape index (κ2) is 5.21. The van der Waals surface area contributed by atoms with Crippen LogP contribution in [-0.4, -0.2) is 11.5 Å². The molecule has 4 heteroatoms. The number of aliphatic imine (C=N–C) groups is 1. The number of carbonyl (C=O) groups is 1. The Balaban J connectivity index is 1.78. The van der Waals surface area contributed by atoms with Crippen LogP contribution in [0.3, 0.4) is 0 Å². The summed E-state index contributed by atoms with van der Waals surface area (Å²) >= 11 is 1.66. The lowest BCUT2D eigenvalue weighted by atomic mass is 9.97. The molecule has 0 spiro atoms. The number of furan rings is 1. The van der Waals surface area contributed by atoms with Gasteiger partial charge in [0.2, 0.25) is 0 Å². The average molecular weight is 331 g/mol. The third-order valence-electron chi connectivity index (χ3n) is 4.53. The van der Waals surface area contributed by atoms with Crippen molar-refractivity contribution in [3.05, 3.63) is 83.8 Å². The van der Waals surface area contributed by atoms with Gasteiger partial charge in [0, 0.05) is 16.0 Å². The Morgan fingerprint density at radius 1 is 0.917 bits per heavy atom. The van der Waals surface area contributed by atoms with Crippen molar-refractivity contribution < 1.29 is 9.21 Å². The number of ketones is 1. The number of rotatable bonds is 1. The summed E-state index contributed by atoms with van der Waals surface area (Å²) in [5, 5.41) is -0.109. The van der Waals surface area contributed by atoms with Crippen LogP contribution in [0.1, 0.15) is 26.9 Å². The summed E-state index contributed by atoms with van der Waals surface area (Å²) in [5.74, 6) is 0.632. The topological polar surface area (TPSA) is 42.6 Å². The van der Waals surface area contributed by atoms with Crippen LogP contribution in [0.25, 0.3) is 0 Å². The van der Waals surface area contributed by atoms with Gasteiger partial charge in [-0.05, 0) is 24.3 Å². The molecule has 0 saturated carbocycles. The summed E-state index contributed by atoms with van der Waals surface area (Å²) in [6.07, 6.45) is 1.66. The number of hydrogen-bond acceptors (Lipinski definition) is 4. The molecular weight excluding hydrogens is 318 g/mol. The molecule has 2 atom stereocenters. The van der Waals surface area contributed by atoms with Crippen LogP contribution in [0.15, 0.2) is 81.2 Å². The van der Waals surface area contributed by atoms with E-state index >= 15 is 0 Å². The summed E-state index contributed by atoms with van der Waals surface area (Å²) in [6.45, 7) is 0. The number of Topliss-reactive ketones (excluding diaryl/α,β-unsaturated/α-hetero) is 1. The first kappa shape index (κ1) is 13.8. The normalized spacial score (nSPS) is 21.5. The zero-order valence-electron chi connectivity index (χ0n) is 12.7. The van der Waals surface area contributed by atoms with Crippen LogP contribution in [0, 0.1) is 5.92 Å². The lowest BCUT2D eigenvalue weighted by Crippen LogP contribution is -2.21. The van der Waals surface area contributed by atoms with Gasteiger partial charge < -0.3 is 4.42 Å². The van der Waals surface area contributed by atoms with Gasteiger partial charge in [0.25, 0.3) is 0 Å². The largest absolute Gasteiger partial charge is 0.468 e. The van der Waals surface area contributed by atoms with Crippen molar-refractivity contribution in [3.8, 4) is 0 Å². The van der Waals surface area contributed by atoms with Gasteiger partial charge in [-0.1, -0.05) is 36.4 Å². The quantitative estimate of drug-likeness (QED) is 0.626. The Kier molecular flexibility index (Phi) is 3.00. The van der Waals surface area contributed by atoms with Crippen LogP contribution in [-0.2, 0) is 0 Å². The van der Waals surface area contributed by atoms with E-state index in [0.717, 1.165) is 33.2 Å². The maximum absolute atomic E-state index is 13.1. The first-order valence-corrected chi connectivity index (χ1v) is 8.72. The number of fused-ring (bicyclic) bond motifs is 4. The molecule has 1 unspecified atom stereocenters. The fraction of sp³-hybridized carbons (Fsp3) is 0.100. The van der Waals surface area contributed by atoms with Crippen molar-refractivity contribution in [2.24, 2.45) is 10.9 Å². The van der Waals surface area contributed by atoms with E-state index in [4.69, 9.17) is 9.41 Å². The summed E-state index contributed by atoms with van der Waals surface area (Å²) in [6, 6.07) is 19.6. The molecule has 3 aromatic rings.